The van der Waals surface area contributed by atoms with Crippen LogP contribution in [0.4, 0.5) is 10.1 Å². The Morgan fingerprint density at radius 2 is 1.81 bits per heavy atom. The molecule has 31 heavy (non-hydrogen) atoms. The van der Waals surface area contributed by atoms with Gasteiger partial charge in [-0.3, -0.25) is 0 Å². The Morgan fingerprint density at radius 3 is 2.45 bits per heavy atom. The lowest BCUT2D eigenvalue weighted by molar-refractivity contribution is 0.145. The minimum absolute atomic E-state index is 0. The van der Waals surface area contributed by atoms with Gasteiger partial charge in [-0.05, 0) is 48.2 Å². The SMILES string of the molecule is COc1ccc(CNC(N)=NCc2ccc(N3CCC(O)CC3)c(F)c2)cc1OC.I. The Hall–Kier alpha value is -2.27. The van der Waals surface area contributed by atoms with E-state index in [1.54, 1.807) is 20.3 Å². The number of anilines is 1. The van der Waals surface area contributed by atoms with Gasteiger partial charge >= 0.3 is 0 Å². The van der Waals surface area contributed by atoms with Gasteiger partial charge in [-0.1, -0.05) is 12.1 Å². The van der Waals surface area contributed by atoms with Crippen molar-refractivity contribution in [2.45, 2.75) is 32.0 Å². The van der Waals surface area contributed by atoms with Gasteiger partial charge < -0.3 is 30.5 Å². The highest BCUT2D eigenvalue weighted by molar-refractivity contribution is 14.0. The molecule has 2 aromatic carbocycles. The number of methoxy groups -OCH3 is 2. The monoisotopic (exact) mass is 544 g/mol. The zero-order chi connectivity index (χ0) is 21.5. The third-order valence-electron chi connectivity index (χ3n) is 5.17. The number of halogens is 2. The summed E-state index contributed by atoms with van der Waals surface area (Å²) in [6.07, 6.45) is 1.04. The fourth-order valence-corrected chi connectivity index (χ4v) is 3.43. The van der Waals surface area contributed by atoms with Crippen molar-refractivity contribution in [3.05, 3.63) is 53.3 Å². The van der Waals surface area contributed by atoms with E-state index in [1.165, 1.54) is 6.07 Å². The van der Waals surface area contributed by atoms with Crippen molar-refractivity contribution in [2.24, 2.45) is 10.7 Å². The van der Waals surface area contributed by atoms with Crippen LogP contribution in [-0.4, -0.2) is 44.5 Å². The summed E-state index contributed by atoms with van der Waals surface area (Å²) in [6.45, 7) is 2.07. The summed E-state index contributed by atoms with van der Waals surface area (Å²) < 4.78 is 25.1. The largest absolute Gasteiger partial charge is 0.493 e. The number of aliphatic hydroxyl groups is 1. The highest BCUT2D eigenvalue weighted by atomic mass is 127. The number of aliphatic hydroxyl groups excluding tert-OH is 1. The van der Waals surface area contributed by atoms with Gasteiger partial charge in [-0.2, -0.15) is 0 Å². The molecule has 1 heterocycles. The van der Waals surface area contributed by atoms with E-state index in [2.05, 4.69) is 10.3 Å². The standard InChI is InChI=1S/C22H29FN4O3.HI/c1-29-20-6-4-16(12-21(20)30-2)14-26-22(24)25-13-15-3-5-19(18(23)11-15)27-9-7-17(28)8-10-27;/h3-6,11-12,17,28H,7-10,13-14H2,1-2H3,(H3,24,25,26);1H. The van der Waals surface area contributed by atoms with Crippen molar-refractivity contribution in [1.82, 2.24) is 5.32 Å². The Labute approximate surface area is 199 Å². The van der Waals surface area contributed by atoms with Gasteiger partial charge in [0.25, 0.3) is 0 Å². The van der Waals surface area contributed by atoms with E-state index < -0.39 is 0 Å². The van der Waals surface area contributed by atoms with Gasteiger partial charge in [0.1, 0.15) is 5.82 Å². The van der Waals surface area contributed by atoms with Crippen LogP contribution in [0.3, 0.4) is 0 Å². The molecule has 9 heteroatoms. The van der Waals surface area contributed by atoms with Crippen LogP contribution in [0.15, 0.2) is 41.4 Å². The van der Waals surface area contributed by atoms with Crippen LogP contribution in [0.1, 0.15) is 24.0 Å². The molecule has 0 aromatic heterocycles. The molecule has 1 aliphatic rings. The second-order valence-electron chi connectivity index (χ2n) is 7.25. The number of hydrogen-bond donors (Lipinski definition) is 3. The fourth-order valence-electron chi connectivity index (χ4n) is 3.43. The maximum atomic E-state index is 14.5. The van der Waals surface area contributed by atoms with Gasteiger partial charge in [0.15, 0.2) is 17.5 Å². The summed E-state index contributed by atoms with van der Waals surface area (Å²) >= 11 is 0. The smallest absolute Gasteiger partial charge is 0.189 e. The van der Waals surface area contributed by atoms with Crippen LogP contribution < -0.4 is 25.4 Å². The summed E-state index contributed by atoms with van der Waals surface area (Å²) in [5, 5.41) is 12.7. The molecule has 1 aliphatic heterocycles. The van der Waals surface area contributed by atoms with E-state index in [9.17, 15) is 9.50 Å². The molecular formula is C22H30FIN4O3. The van der Waals surface area contributed by atoms with Gasteiger partial charge in [0.05, 0.1) is 32.6 Å². The average Bonchev–Trinajstić information content (AvgIpc) is 2.76. The first-order valence-corrected chi connectivity index (χ1v) is 9.96. The normalized spacial score (nSPS) is 14.7. The Bertz CT molecular complexity index is 889. The number of nitrogens with two attached hydrogens (primary N) is 1. The van der Waals surface area contributed by atoms with E-state index in [4.69, 9.17) is 15.2 Å². The van der Waals surface area contributed by atoms with Gasteiger partial charge in [0.2, 0.25) is 0 Å². The van der Waals surface area contributed by atoms with Crippen LogP contribution in [0.2, 0.25) is 0 Å². The lowest BCUT2D eigenvalue weighted by Crippen LogP contribution is -2.36. The van der Waals surface area contributed by atoms with E-state index in [0.29, 0.717) is 49.7 Å². The molecule has 0 saturated carbocycles. The lowest BCUT2D eigenvalue weighted by atomic mass is 10.1. The number of nitrogens with zero attached hydrogens (tertiary/aromatic N) is 2. The Balaban J connectivity index is 0.00000341. The Kier molecular flexibility index (Phi) is 9.63. The van der Waals surface area contributed by atoms with Crippen molar-refractivity contribution in [2.75, 3.05) is 32.2 Å². The molecule has 4 N–H and O–H groups in total. The lowest BCUT2D eigenvalue weighted by Gasteiger charge is -2.31. The summed E-state index contributed by atoms with van der Waals surface area (Å²) in [7, 11) is 3.18. The van der Waals surface area contributed by atoms with Crippen molar-refractivity contribution >= 4 is 35.6 Å². The van der Waals surface area contributed by atoms with Crippen molar-refractivity contribution < 1.29 is 19.0 Å². The summed E-state index contributed by atoms with van der Waals surface area (Å²) in [4.78, 5) is 6.26. The molecule has 0 radical (unpaired) electrons. The van der Waals surface area contributed by atoms with Crippen LogP contribution in [-0.2, 0) is 13.1 Å². The molecule has 170 valence electrons. The molecule has 2 aromatic rings. The number of hydrogen-bond acceptors (Lipinski definition) is 5. The van der Waals surface area contributed by atoms with Crippen LogP contribution in [0, 0.1) is 5.82 Å². The number of rotatable bonds is 7. The first-order chi connectivity index (χ1) is 14.5. The van der Waals surface area contributed by atoms with Crippen LogP contribution in [0.5, 0.6) is 11.5 Å². The third-order valence-corrected chi connectivity index (χ3v) is 5.17. The van der Waals surface area contributed by atoms with E-state index in [0.717, 1.165) is 11.1 Å². The molecule has 1 saturated heterocycles. The topological polar surface area (TPSA) is 92.3 Å². The molecular weight excluding hydrogens is 514 g/mol. The fraction of sp³-hybridized carbons (Fsp3) is 0.409. The van der Waals surface area contributed by atoms with Crippen molar-refractivity contribution in [3.8, 4) is 11.5 Å². The molecule has 0 aliphatic carbocycles. The third kappa shape index (κ3) is 6.86. The van der Waals surface area contributed by atoms with Crippen molar-refractivity contribution in [3.63, 3.8) is 0 Å². The predicted octanol–water partition coefficient (Wildman–Crippen LogP) is 3.03. The first kappa shape index (κ1) is 25.0. The van der Waals surface area contributed by atoms with Gasteiger partial charge in [-0.15, -0.1) is 24.0 Å². The van der Waals surface area contributed by atoms with Crippen LogP contribution >= 0.6 is 24.0 Å². The highest BCUT2D eigenvalue weighted by Crippen LogP contribution is 2.27. The number of aliphatic imine (C=N–C) groups is 1. The maximum absolute atomic E-state index is 14.5. The second-order valence-corrected chi connectivity index (χ2v) is 7.25. The molecule has 0 bridgehead atoms. The highest BCUT2D eigenvalue weighted by Gasteiger charge is 2.19. The number of nitrogens with one attached hydrogen (secondary N) is 1. The molecule has 1 fully saturated rings. The van der Waals surface area contributed by atoms with E-state index in [-0.39, 0.29) is 48.4 Å². The number of ether oxygens (including phenoxy) is 2. The van der Waals surface area contributed by atoms with Gasteiger partial charge in [-0.25, -0.2) is 9.38 Å². The minimum Gasteiger partial charge on any atom is -0.493 e. The van der Waals surface area contributed by atoms with E-state index in [1.807, 2.05) is 29.2 Å². The molecule has 0 atom stereocenters. The summed E-state index contributed by atoms with van der Waals surface area (Å²) in [5.74, 6) is 1.30. The molecule has 0 amide bonds. The summed E-state index contributed by atoms with van der Waals surface area (Å²) in [6, 6.07) is 10.7. The minimum atomic E-state index is -0.285. The predicted molar refractivity (Wildman–Crippen MR) is 131 cm³/mol. The number of guanidine groups is 1. The quantitative estimate of drug-likeness (QED) is 0.282. The zero-order valence-corrected chi connectivity index (χ0v) is 20.1. The molecule has 0 unspecified atom stereocenters. The zero-order valence-electron chi connectivity index (χ0n) is 17.8. The van der Waals surface area contributed by atoms with Crippen LogP contribution in [0.25, 0.3) is 0 Å². The first-order valence-electron chi connectivity index (χ1n) is 9.96. The van der Waals surface area contributed by atoms with Gasteiger partial charge in [0, 0.05) is 19.6 Å². The molecule has 3 rings (SSSR count). The second kappa shape index (κ2) is 11.9. The average molecular weight is 544 g/mol. The van der Waals surface area contributed by atoms with Crippen molar-refractivity contribution in [1.29, 1.82) is 0 Å². The number of benzene rings is 2. The number of piperidine rings is 1. The maximum Gasteiger partial charge on any atom is 0.189 e. The summed E-state index contributed by atoms with van der Waals surface area (Å²) in [5.41, 5.74) is 8.22. The molecule has 7 nitrogen and oxygen atoms in total. The Morgan fingerprint density at radius 1 is 1.13 bits per heavy atom. The van der Waals surface area contributed by atoms with E-state index >= 15 is 0 Å². The molecule has 0 spiro atoms.